The van der Waals surface area contributed by atoms with E-state index in [1.54, 1.807) is 43.5 Å². The van der Waals surface area contributed by atoms with Crippen LogP contribution in [-0.4, -0.2) is 62.9 Å². The Bertz CT molecular complexity index is 1270. The van der Waals surface area contributed by atoms with Gasteiger partial charge in [0.1, 0.15) is 11.8 Å². The molecule has 8 nitrogen and oxygen atoms in total. The molecule has 0 aliphatic heterocycles. The summed E-state index contributed by atoms with van der Waals surface area (Å²) in [6.07, 6.45) is 1.68. The van der Waals surface area contributed by atoms with Crippen LogP contribution in [0.15, 0.2) is 84.9 Å². The van der Waals surface area contributed by atoms with E-state index < -0.39 is 28.5 Å². The van der Waals surface area contributed by atoms with E-state index in [4.69, 9.17) is 4.74 Å². The average Bonchev–Trinajstić information content (AvgIpc) is 2.89. The Balaban J connectivity index is 1.92. The van der Waals surface area contributed by atoms with Gasteiger partial charge in [0.2, 0.25) is 21.8 Å². The quantitative estimate of drug-likeness (QED) is 0.394. The van der Waals surface area contributed by atoms with E-state index in [1.165, 1.54) is 11.9 Å². The first-order valence-corrected chi connectivity index (χ1v) is 13.7. The lowest BCUT2D eigenvalue weighted by Gasteiger charge is -2.32. The van der Waals surface area contributed by atoms with Crippen LogP contribution >= 0.6 is 0 Å². The van der Waals surface area contributed by atoms with Crippen LogP contribution in [0.2, 0.25) is 0 Å². The third-order valence-electron chi connectivity index (χ3n) is 5.99. The van der Waals surface area contributed by atoms with Crippen molar-refractivity contribution in [2.45, 2.75) is 19.0 Å². The number of methoxy groups -OCH3 is 1. The summed E-state index contributed by atoms with van der Waals surface area (Å²) in [7, 11) is -0.690. The third-order valence-corrected chi connectivity index (χ3v) is 7.25. The molecule has 0 saturated carbocycles. The molecule has 0 bridgehead atoms. The molecule has 37 heavy (non-hydrogen) atoms. The van der Waals surface area contributed by atoms with Crippen molar-refractivity contribution < 1.29 is 22.7 Å². The van der Waals surface area contributed by atoms with E-state index in [-0.39, 0.29) is 12.5 Å². The molecule has 1 atom stereocenters. The predicted molar refractivity (Wildman–Crippen MR) is 143 cm³/mol. The van der Waals surface area contributed by atoms with Gasteiger partial charge in [-0.25, -0.2) is 8.42 Å². The van der Waals surface area contributed by atoms with Crippen LogP contribution < -0.4 is 10.1 Å². The molecule has 3 aromatic carbocycles. The molecule has 0 radical (unpaired) electrons. The lowest BCUT2D eigenvalue weighted by atomic mass is 10.0. The van der Waals surface area contributed by atoms with Crippen LogP contribution in [0.5, 0.6) is 5.75 Å². The fraction of sp³-hybridized carbons (Fsp3) is 0.286. The molecule has 0 aliphatic carbocycles. The van der Waals surface area contributed by atoms with Crippen molar-refractivity contribution in [3.8, 4) is 5.75 Å². The van der Waals surface area contributed by atoms with Crippen molar-refractivity contribution in [3.63, 3.8) is 0 Å². The van der Waals surface area contributed by atoms with E-state index in [2.05, 4.69) is 5.32 Å². The SMILES string of the molecule is COc1ccc(CN(C(=O)CN(C)S(C)(=O)=O)C(C(=O)NCCc2ccccc2)c2ccccc2)cc1. The zero-order valence-electron chi connectivity index (χ0n) is 21.3. The fourth-order valence-electron chi connectivity index (χ4n) is 3.83. The number of ether oxygens (including phenoxy) is 1. The maximum absolute atomic E-state index is 13.6. The number of hydrogen-bond donors (Lipinski definition) is 1. The fourth-order valence-corrected chi connectivity index (χ4v) is 4.17. The van der Waals surface area contributed by atoms with Gasteiger partial charge in [-0.15, -0.1) is 0 Å². The number of carbonyl (C=O) groups excluding carboxylic acids is 2. The summed E-state index contributed by atoms with van der Waals surface area (Å²) in [5, 5.41) is 2.97. The number of likely N-dealkylation sites (N-methyl/N-ethyl adjacent to an activating group) is 1. The summed E-state index contributed by atoms with van der Waals surface area (Å²) in [6.45, 7) is 0.0989. The number of nitrogens with zero attached hydrogens (tertiary/aromatic N) is 2. The van der Waals surface area contributed by atoms with Gasteiger partial charge in [0.05, 0.1) is 19.9 Å². The standard InChI is InChI=1S/C28H33N3O5S/c1-30(37(3,34)35)21-26(32)31(20-23-14-16-25(36-2)17-15-23)27(24-12-8-5-9-13-24)28(33)29-19-18-22-10-6-4-7-11-22/h4-17,27H,18-21H2,1-3H3,(H,29,33). The van der Waals surface area contributed by atoms with E-state index in [0.29, 0.717) is 24.3 Å². The van der Waals surface area contributed by atoms with Gasteiger partial charge in [-0.3, -0.25) is 9.59 Å². The van der Waals surface area contributed by atoms with Crippen LogP contribution in [0, 0.1) is 0 Å². The Morgan fingerprint density at radius 2 is 1.49 bits per heavy atom. The first-order chi connectivity index (χ1) is 17.7. The molecule has 3 aromatic rings. The van der Waals surface area contributed by atoms with Gasteiger partial charge in [-0.1, -0.05) is 72.8 Å². The van der Waals surface area contributed by atoms with Crippen molar-refractivity contribution in [1.82, 2.24) is 14.5 Å². The zero-order chi connectivity index (χ0) is 26.8. The second-order valence-corrected chi connectivity index (χ2v) is 10.8. The molecule has 196 valence electrons. The Morgan fingerprint density at radius 3 is 2.05 bits per heavy atom. The Morgan fingerprint density at radius 1 is 0.892 bits per heavy atom. The number of rotatable bonds is 12. The third kappa shape index (κ3) is 8.16. The zero-order valence-corrected chi connectivity index (χ0v) is 22.1. The average molecular weight is 524 g/mol. The summed E-state index contributed by atoms with van der Waals surface area (Å²) in [5.41, 5.74) is 2.48. The van der Waals surface area contributed by atoms with Gasteiger partial charge in [0.15, 0.2) is 0 Å². The molecule has 0 aromatic heterocycles. The summed E-state index contributed by atoms with van der Waals surface area (Å²) >= 11 is 0. The summed E-state index contributed by atoms with van der Waals surface area (Å²) < 4.78 is 30.3. The van der Waals surface area contributed by atoms with Gasteiger partial charge >= 0.3 is 0 Å². The molecule has 0 heterocycles. The molecule has 3 rings (SSSR count). The minimum Gasteiger partial charge on any atom is -0.497 e. The van der Waals surface area contributed by atoms with E-state index in [9.17, 15) is 18.0 Å². The van der Waals surface area contributed by atoms with Crippen LogP contribution in [-0.2, 0) is 32.6 Å². The molecular formula is C28H33N3O5S. The summed E-state index contributed by atoms with van der Waals surface area (Å²) in [5.74, 6) is -0.168. The normalized spacial score (nSPS) is 12.1. The highest BCUT2D eigenvalue weighted by Gasteiger charge is 2.32. The first-order valence-electron chi connectivity index (χ1n) is 11.9. The van der Waals surface area contributed by atoms with Crippen LogP contribution in [0.4, 0.5) is 0 Å². The van der Waals surface area contributed by atoms with Crippen LogP contribution in [0.25, 0.3) is 0 Å². The van der Waals surface area contributed by atoms with Crippen molar-refractivity contribution in [3.05, 3.63) is 102 Å². The van der Waals surface area contributed by atoms with Crippen LogP contribution in [0.1, 0.15) is 22.7 Å². The predicted octanol–water partition coefficient (Wildman–Crippen LogP) is 3.02. The molecule has 0 saturated heterocycles. The molecule has 0 aliphatic rings. The molecule has 1 unspecified atom stereocenters. The Hall–Kier alpha value is -3.69. The second-order valence-electron chi connectivity index (χ2n) is 8.73. The lowest BCUT2D eigenvalue weighted by Crippen LogP contribution is -2.47. The number of nitrogens with one attached hydrogen (secondary N) is 1. The van der Waals surface area contributed by atoms with E-state index in [0.717, 1.165) is 21.7 Å². The number of carbonyl (C=O) groups is 2. The number of hydrogen-bond acceptors (Lipinski definition) is 5. The number of sulfonamides is 1. The minimum atomic E-state index is -3.60. The topological polar surface area (TPSA) is 96.0 Å². The van der Waals surface area contributed by atoms with Gasteiger partial charge in [-0.05, 0) is 35.2 Å². The molecule has 0 spiro atoms. The van der Waals surface area contributed by atoms with Crippen molar-refractivity contribution >= 4 is 21.8 Å². The Labute approximate surface area is 218 Å². The Kier molecular flexibility index (Phi) is 9.82. The van der Waals surface area contributed by atoms with Crippen molar-refractivity contribution in [2.24, 2.45) is 0 Å². The van der Waals surface area contributed by atoms with E-state index in [1.807, 2.05) is 48.5 Å². The maximum atomic E-state index is 13.6. The maximum Gasteiger partial charge on any atom is 0.247 e. The van der Waals surface area contributed by atoms with Gasteiger partial charge < -0.3 is 15.0 Å². The smallest absolute Gasteiger partial charge is 0.247 e. The lowest BCUT2D eigenvalue weighted by molar-refractivity contribution is -0.141. The van der Waals surface area contributed by atoms with Gasteiger partial charge in [-0.2, -0.15) is 4.31 Å². The summed E-state index contributed by atoms with van der Waals surface area (Å²) in [6, 6.07) is 25.0. The minimum absolute atomic E-state index is 0.103. The number of amides is 2. The molecule has 2 amide bonds. The van der Waals surface area contributed by atoms with Crippen molar-refractivity contribution in [1.29, 1.82) is 0 Å². The van der Waals surface area contributed by atoms with Crippen LogP contribution in [0.3, 0.4) is 0 Å². The van der Waals surface area contributed by atoms with E-state index >= 15 is 0 Å². The molecule has 9 heteroatoms. The largest absolute Gasteiger partial charge is 0.497 e. The molecular weight excluding hydrogens is 490 g/mol. The highest BCUT2D eigenvalue weighted by Crippen LogP contribution is 2.25. The second kappa shape index (κ2) is 13.0. The molecule has 0 fully saturated rings. The number of benzene rings is 3. The van der Waals surface area contributed by atoms with Gasteiger partial charge in [0.25, 0.3) is 0 Å². The molecule has 1 N–H and O–H groups in total. The highest BCUT2D eigenvalue weighted by atomic mass is 32.2. The summed E-state index contributed by atoms with van der Waals surface area (Å²) in [4.78, 5) is 28.6. The highest BCUT2D eigenvalue weighted by molar-refractivity contribution is 7.88. The first kappa shape index (κ1) is 27.9. The monoisotopic (exact) mass is 523 g/mol. The van der Waals surface area contributed by atoms with Crippen molar-refractivity contribution in [2.75, 3.05) is 33.5 Å². The van der Waals surface area contributed by atoms with Gasteiger partial charge in [0, 0.05) is 20.1 Å².